The lowest BCUT2D eigenvalue weighted by molar-refractivity contribution is 0.152. The fraction of sp³-hybridized carbons (Fsp3) is 0.619. The molecule has 1 N–H and O–H groups in total. The zero-order valence-electron chi connectivity index (χ0n) is 15.5. The standard InChI is InChI=1S/C21H32N2S/c1-16(2)24-21-6-4-18(5-7-21)17(3)19-10-14-23(15-11-19)20-8-12-22-13-9-20/h4-7,16,20,22H,8-15H2,1-3H3. The van der Waals surface area contributed by atoms with Crippen molar-refractivity contribution in [2.75, 3.05) is 26.2 Å². The Morgan fingerprint density at radius 2 is 1.71 bits per heavy atom. The summed E-state index contributed by atoms with van der Waals surface area (Å²) in [4.78, 5) is 4.12. The molecular formula is C21H32N2S. The van der Waals surface area contributed by atoms with E-state index < -0.39 is 0 Å². The van der Waals surface area contributed by atoms with E-state index in [2.05, 4.69) is 55.3 Å². The van der Waals surface area contributed by atoms with Gasteiger partial charge in [0.05, 0.1) is 0 Å². The van der Waals surface area contributed by atoms with Gasteiger partial charge in [0.1, 0.15) is 0 Å². The van der Waals surface area contributed by atoms with Crippen molar-refractivity contribution >= 4 is 17.3 Å². The van der Waals surface area contributed by atoms with E-state index in [4.69, 9.17) is 0 Å². The molecule has 0 aromatic heterocycles. The van der Waals surface area contributed by atoms with Gasteiger partial charge in [-0.15, -0.1) is 11.8 Å². The number of hydrogen-bond acceptors (Lipinski definition) is 3. The van der Waals surface area contributed by atoms with E-state index in [1.165, 1.54) is 67.9 Å². The molecule has 3 rings (SSSR count). The van der Waals surface area contributed by atoms with Crippen molar-refractivity contribution in [3.05, 3.63) is 35.4 Å². The van der Waals surface area contributed by atoms with Gasteiger partial charge in [-0.2, -0.15) is 0 Å². The molecule has 1 aromatic rings. The van der Waals surface area contributed by atoms with Gasteiger partial charge in [-0.05, 0) is 69.0 Å². The number of piperidine rings is 2. The monoisotopic (exact) mass is 344 g/mol. The van der Waals surface area contributed by atoms with E-state index in [-0.39, 0.29) is 0 Å². The fourth-order valence-corrected chi connectivity index (χ4v) is 4.80. The van der Waals surface area contributed by atoms with Gasteiger partial charge in [-0.1, -0.05) is 31.6 Å². The maximum atomic E-state index is 3.48. The molecule has 2 fully saturated rings. The Kier molecular flexibility index (Phi) is 6.43. The number of thioether (sulfide) groups is 1. The summed E-state index contributed by atoms with van der Waals surface area (Å²) in [6, 6.07) is 10.0. The minimum absolute atomic E-state index is 0.648. The fourth-order valence-electron chi connectivity index (χ4n) is 3.97. The quantitative estimate of drug-likeness (QED) is 0.789. The van der Waals surface area contributed by atoms with Crippen LogP contribution in [0.5, 0.6) is 0 Å². The van der Waals surface area contributed by atoms with Crippen LogP contribution in [0.3, 0.4) is 0 Å². The van der Waals surface area contributed by atoms with Crippen molar-refractivity contribution in [2.45, 2.75) is 62.6 Å². The molecule has 2 heterocycles. The summed E-state index contributed by atoms with van der Waals surface area (Å²) in [7, 11) is 0. The third kappa shape index (κ3) is 4.65. The average Bonchev–Trinajstić information content (AvgIpc) is 2.62. The van der Waals surface area contributed by atoms with Crippen LogP contribution in [0, 0.1) is 0 Å². The minimum atomic E-state index is 0.648. The largest absolute Gasteiger partial charge is 0.317 e. The third-order valence-corrected chi connectivity index (χ3v) is 6.43. The van der Waals surface area contributed by atoms with Crippen LogP contribution in [-0.4, -0.2) is 42.4 Å². The maximum absolute atomic E-state index is 3.48. The summed E-state index contributed by atoms with van der Waals surface area (Å²) >= 11 is 1.94. The first-order valence-electron chi connectivity index (χ1n) is 9.54. The van der Waals surface area contributed by atoms with Gasteiger partial charge in [0.15, 0.2) is 0 Å². The highest BCUT2D eigenvalue weighted by Gasteiger charge is 2.24. The SMILES string of the molecule is CC(=C1CCN(C2CCNCC2)CC1)c1ccc(SC(C)C)cc1. The van der Waals surface area contributed by atoms with Crippen LogP contribution >= 0.6 is 11.8 Å². The molecule has 0 saturated carbocycles. The summed E-state index contributed by atoms with van der Waals surface area (Å²) in [5, 5.41) is 4.13. The second-order valence-electron chi connectivity index (χ2n) is 7.44. The lowest BCUT2D eigenvalue weighted by Gasteiger charge is -2.38. The van der Waals surface area contributed by atoms with Gasteiger partial charge in [-0.25, -0.2) is 0 Å². The zero-order chi connectivity index (χ0) is 16.9. The molecule has 2 saturated heterocycles. The lowest BCUT2D eigenvalue weighted by atomic mass is 9.92. The van der Waals surface area contributed by atoms with Crippen molar-refractivity contribution in [1.82, 2.24) is 10.2 Å². The van der Waals surface area contributed by atoms with Crippen LogP contribution < -0.4 is 5.32 Å². The first-order chi connectivity index (χ1) is 11.6. The molecular weight excluding hydrogens is 312 g/mol. The Morgan fingerprint density at radius 1 is 1.08 bits per heavy atom. The van der Waals surface area contributed by atoms with Crippen LogP contribution in [0.4, 0.5) is 0 Å². The number of allylic oxidation sites excluding steroid dienone is 1. The molecule has 2 aliphatic heterocycles. The van der Waals surface area contributed by atoms with Crippen LogP contribution in [-0.2, 0) is 0 Å². The highest BCUT2D eigenvalue weighted by molar-refractivity contribution is 7.99. The Morgan fingerprint density at radius 3 is 2.29 bits per heavy atom. The topological polar surface area (TPSA) is 15.3 Å². The van der Waals surface area contributed by atoms with Crippen LogP contribution in [0.1, 0.15) is 52.0 Å². The first-order valence-corrected chi connectivity index (χ1v) is 10.4. The summed E-state index contributed by atoms with van der Waals surface area (Å²) in [6.45, 7) is 11.7. The lowest BCUT2D eigenvalue weighted by Crippen LogP contribution is -2.45. The van der Waals surface area contributed by atoms with E-state index in [0.717, 1.165) is 6.04 Å². The smallest absolute Gasteiger partial charge is 0.0120 e. The molecule has 1 aromatic carbocycles. The zero-order valence-corrected chi connectivity index (χ0v) is 16.3. The molecule has 132 valence electrons. The summed E-state index contributed by atoms with van der Waals surface area (Å²) < 4.78 is 0. The van der Waals surface area contributed by atoms with E-state index >= 15 is 0 Å². The minimum Gasteiger partial charge on any atom is -0.317 e. The molecule has 0 amide bonds. The average molecular weight is 345 g/mol. The normalized spacial score (nSPS) is 20.6. The van der Waals surface area contributed by atoms with Crippen molar-refractivity contribution in [2.24, 2.45) is 0 Å². The second-order valence-corrected chi connectivity index (χ2v) is 9.09. The number of rotatable bonds is 4. The Balaban J connectivity index is 1.60. The summed E-state index contributed by atoms with van der Waals surface area (Å²) in [6.07, 6.45) is 5.15. The number of nitrogens with one attached hydrogen (secondary N) is 1. The molecule has 0 bridgehead atoms. The van der Waals surface area contributed by atoms with Crippen molar-refractivity contribution in [3.63, 3.8) is 0 Å². The predicted molar refractivity (Wildman–Crippen MR) is 107 cm³/mol. The van der Waals surface area contributed by atoms with E-state index in [1.807, 2.05) is 11.8 Å². The molecule has 2 nitrogen and oxygen atoms in total. The molecule has 3 heteroatoms. The number of nitrogens with zero attached hydrogens (tertiary/aromatic N) is 1. The van der Waals surface area contributed by atoms with Crippen LogP contribution in [0.15, 0.2) is 34.7 Å². The third-order valence-electron chi connectivity index (χ3n) is 5.42. The molecule has 24 heavy (non-hydrogen) atoms. The van der Waals surface area contributed by atoms with Gasteiger partial charge in [0.25, 0.3) is 0 Å². The highest BCUT2D eigenvalue weighted by Crippen LogP contribution is 2.30. The van der Waals surface area contributed by atoms with Gasteiger partial charge >= 0.3 is 0 Å². The van der Waals surface area contributed by atoms with Gasteiger partial charge in [0.2, 0.25) is 0 Å². The van der Waals surface area contributed by atoms with E-state index in [0.29, 0.717) is 5.25 Å². The molecule has 2 aliphatic rings. The van der Waals surface area contributed by atoms with Crippen LogP contribution in [0.25, 0.3) is 5.57 Å². The molecule has 0 radical (unpaired) electrons. The molecule has 0 atom stereocenters. The maximum Gasteiger partial charge on any atom is 0.0120 e. The van der Waals surface area contributed by atoms with Crippen molar-refractivity contribution in [1.29, 1.82) is 0 Å². The Hall–Kier alpha value is -0.770. The summed E-state index contributed by atoms with van der Waals surface area (Å²) in [5.41, 5.74) is 4.60. The predicted octanol–water partition coefficient (Wildman–Crippen LogP) is 4.81. The Bertz CT molecular complexity index is 546. The van der Waals surface area contributed by atoms with Gasteiger partial charge in [0, 0.05) is 29.3 Å². The van der Waals surface area contributed by atoms with E-state index in [9.17, 15) is 0 Å². The van der Waals surface area contributed by atoms with Crippen molar-refractivity contribution in [3.8, 4) is 0 Å². The summed E-state index contributed by atoms with van der Waals surface area (Å²) in [5.74, 6) is 0. The number of benzene rings is 1. The Labute approximate surface area is 152 Å². The van der Waals surface area contributed by atoms with Crippen LogP contribution in [0.2, 0.25) is 0 Å². The second kappa shape index (κ2) is 8.55. The molecule has 0 aliphatic carbocycles. The molecule has 0 unspecified atom stereocenters. The van der Waals surface area contributed by atoms with Gasteiger partial charge in [-0.3, -0.25) is 4.90 Å². The number of likely N-dealkylation sites (tertiary alicyclic amines) is 1. The van der Waals surface area contributed by atoms with Gasteiger partial charge < -0.3 is 5.32 Å². The first kappa shape index (κ1) is 18.0. The van der Waals surface area contributed by atoms with Crippen molar-refractivity contribution < 1.29 is 0 Å². The number of hydrogen-bond donors (Lipinski definition) is 1. The van der Waals surface area contributed by atoms with E-state index in [1.54, 1.807) is 5.57 Å². The molecule has 0 spiro atoms. The highest BCUT2D eigenvalue weighted by atomic mass is 32.2.